The number of carbonyl (C=O) groups excluding carboxylic acids is 2. The molecule has 0 radical (unpaired) electrons. The molecule has 186 valence electrons. The second kappa shape index (κ2) is 16.2. The number of unbranched alkanes of at least 4 members (excludes halogenated alkanes) is 2. The van der Waals surface area contributed by atoms with Crippen LogP contribution in [-0.2, 0) is 19.0 Å². The third kappa shape index (κ3) is 11.9. The van der Waals surface area contributed by atoms with Gasteiger partial charge >= 0.3 is 6.03 Å². The minimum atomic E-state index is -0.0845. The fourth-order valence-electron chi connectivity index (χ4n) is 3.63. The first kappa shape index (κ1) is 26.7. The molecular formula is C21H42N6O5. The van der Waals surface area contributed by atoms with Crippen molar-refractivity contribution in [3.05, 3.63) is 0 Å². The zero-order valence-corrected chi connectivity index (χ0v) is 19.6. The standard InChI is InChI=1S/C21H42N6O5/c1-17-16-27(26-25-17)9-11-31-13-15-32-14-12-30-10-8-22-20(28)7-5-3-4-6-19-18(2)23-21(29)24-19/h17-19,25-26H,3-16H2,1-2H3,(H,22,28)(H2,23,24,29). The number of ether oxygens (including phenoxy) is 3. The van der Waals surface area contributed by atoms with E-state index in [1.54, 1.807) is 0 Å². The summed E-state index contributed by atoms with van der Waals surface area (Å²) in [5.74, 6) is 0.0561. The van der Waals surface area contributed by atoms with Crippen molar-refractivity contribution in [1.29, 1.82) is 0 Å². The molecular weight excluding hydrogens is 416 g/mol. The van der Waals surface area contributed by atoms with Crippen molar-refractivity contribution in [3.8, 4) is 0 Å². The van der Waals surface area contributed by atoms with Gasteiger partial charge in [0.05, 0.1) is 45.7 Å². The Hall–Kier alpha value is -1.50. The maximum absolute atomic E-state index is 11.8. The Balaban J connectivity index is 1.26. The van der Waals surface area contributed by atoms with Crippen molar-refractivity contribution < 1.29 is 23.8 Å². The van der Waals surface area contributed by atoms with E-state index in [1.165, 1.54) is 0 Å². The van der Waals surface area contributed by atoms with Gasteiger partial charge < -0.3 is 30.2 Å². The van der Waals surface area contributed by atoms with Crippen LogP contribution in [0.3, 0.4) is 0 Å². The Morgan fingerprint density at radius 2 is 1.72 bits per heavy atom. The summed E-state index contributed by atoms with van der Waals surface area (Å²) in [7, 11) is 0. The van der Waals surface area contributed by atoms with Gasteiger partial charge in [-0.05, 0) is 26.7 Å². The van der Waals surface area contributed by atoms with Gasteiger partial charge in [0.2, 0.25) is 5.91 Å². The molecule has 0 bridgehead atoms. The van der Waals surface area contributed by atoms with Crippen molar-refractivity contribution in [2.24, 2.45) is 0 Å². The number of hydrogen-bond acceptors (Lipinski definition) is 8. The molecule has 2 saturated heterocycles. The van der Waals surface area contributed by atoms with Crippen LogP contribution in [-0.4, -0.2) is 94.3 Å². The quantitative estimate of drug-likeness (QED) is 0.180. The average molecular weight is 459 g/mol. The minimum Gasteiger partial charge on any atom is -0.378 e. The molecule has 5 N–H and O–H groups in total. The van der Waals surface area contributed by atoms with E-state index in [0.717, 1.165) is 38.8 Å². The van der Waals surface area contributed by atoms with E-state index in [0.29, 0.717) is 58.6 Å². The highest BCUT2D eigenvalue weighted by Gasteiger charge is 2.26. The van der Waals surface area contributed by atoms with Crippen LogP contribution in [0.1, 0.15) is 46.0 Å². The van der Waals surface area contributed by atoms with Crippen LogP contribution >= 0.6 is 0 Å². The lowest BCUT2D eigenvalue weighted by molar-refractivity contribution is -0.121. The molecule has 0 saturated carbocycles. The van der Waals surface area contributed by atoms with Crippen molar-refractivity contribution in [2.45, 2.75) is 64.1 Å². The Kier molecular flexibility index (Phi) is 13.5. The molecule has 0 aromatic heterocycles. The molecule has 2 aliphatic rings. The molecule has 32 heavy (non-hydrogen) atoms. The van der Waals surface area contributed by atoms with Crippen molar-refractivity contribution >= 4 is 11.9 Å². The zero-order chi connectivity index (χ0) is 23.0. The van der Waals surface area contributed by atoms with Gasteiger partial charge in [-0.2, -0.15) is 5.53 Å². The highest BCUT2D eigenvalue weighted by molar-refractivity contribution is 5.77. The number of carbonyl (C=O) groups is 2. The predicted octanol–water partition coefficient (Wildman–Crippen LogP) is -0.114. The summed E-state index contributed by atoms with van der Waals surface area (Å²) in [6, 6.07) is 0.745. The van der Waals surface area contributed by atoms with Crippen LogP contribution in [0, 0.1) is 0 Å². The van der Waals surface area contributed by atoms with E-state index in [-0.39, 0.29) is 24.0 Å². The van der Waals surface area contributed by atoms with E-state index in [2.05, 4.69) is 38.8 Å². The van der Waals surface area contributed by atoms with Crippen LogP contribution in [0.4, 0.5) is 4.79 Å². The van der Waals surface area contributed by atoms with Crippen molar-refractivity contribution in [2.75, 3.05) is 59.3 Å². The third-order valence-electron chi connectivity index (χ3n) is 5.48. The normalized spacial score (nSPS) is 23.3. The molecule has 3 atom stereocenters. The van der Waals surface area contributed by atoms with Gasteiger partial charge in [0.1, 0.15) is 0 Å². The summed E-state index contributed by atoms with van der Waals surface area (Å²) < 4.78 is 16.5. The van der Waals surface area contributed by atoms with E-state index < -0.39 is 0 Å². The Bertz CT molecular complexity index is 541. The molecule has 11 heteroatoms. The summed E-state index contributed by atoms with van der Waals surface area (Å²) >= 11 is 0. The van der Waals surface area contributed by atoms with Crippen LogP contribution in [0.25, 0.3) is 0 Å². The maximum Gasteiger partial charge on any atom is 0.315 e. The first-order valence-corrected chi connectivity index (χ1v) is 11.9. The van der Waals surface area contributed by atoms with Crippen LogP contribution in [0.5, 0.6) is 0 Å². The number of nitrogens with one attached hydrogen (secondary N) is 5. The molecule has 2 fully saturated rings. The fraction of sp³-hybridized carbons (Fsp3) is 0.905. The highest BCUT2D eigenvalue weighted by atomic mass is 16.5. The summed E-state index contributed by atoms with van der Waals surface area (Å²) in [6.07, 6.45) is 4.31. The summed E-state index contributed by atoms with van der Waals surface area (Å²) in [6.45, 7) is 9.72. The van der Waals surface area contributed by atoms with Gasteiger partial charge in [0.15, 0.2) is 0 Å². The average Bonchev–Trinajstić information content (AvgIpc) is 3.32. The van der Waals surface area contributed by atoms with E-state index in [9.17, 15) is 9.59 Å². The lowest BCUT2D eigenvalue weighted by Crippen LogP contribution is -2.38. The van der Waals surface area contributed by atoms with E-state index in [4.69, 9.17) is 14.2 Å². The molecule has 0 aromatic carbocycles. The zero-order valence-electron chi connectivity index (χ0n) is 19.6. The van der Waals surface area contributed by atoms with Gasteiger partial charge in [-0.15, -0.1) is 0 Å². The number of hydrogen-bond donors (Lipinski definition) is 5. The van der Waals surface area contributed by atoms with Gasteiger partial charge in [0.25, 0.3) is 0 Å². The molecule has 0 aromatic rings. The van der Waals surface area contributed by atoms with Crippen LogP contribution in [0.15, 0.2) is 0 Å². The second-order valence-electron chi connectivity index (χ2n) is 8.40. The summed E-state index contributed by atoms with van der Waals surface area (Å²) in [5, 5.41) is 10.7. The Morgan fingerprint density at radius 3 is 2.38 bits per heavy atom. The molecule has 11 nitrogen and oxygen atoms in total. The summed E-state index contributed by atoms with van der Waals surface area (Å²) in [4.78, 5) is 23.1. The first-order chi connectivity index (χ1) is 15.5. The van der Waals surface area contributed by atoms with Gasteiger partial charge in [-0.1, -0.05) is 12.8 Å². The second-order valence-corrected chi connectivity index (χ2v) is 8.40. The molecule has 3 unspecified atom stereocenters. The monoisotopic (exact) mass is 458 g/mol. The largest absolute Gasteiger partial charge is 0.378 e. The SMILES string of the molecule is CC1CN(CCOCCOCCOCCNC(=O)CCCCCC2NC(=O)NC2C)NN1. The molecule has 0 spiro atoms. The molecule has 2 aliphatic heterocycles. The molecule has 2 heterocycles. The third-order valence-corrected chi connectivity index (χ3v) is 5.48. The molecule has 2 rings (SSSR count). The van der Waals surface area contributed by atoms with Crippen molar-refractivity contribution in [3.63, 3.8) is 0 Å². The van der Waals surface area contributed by atoms with Crippen molar-refractivity contribution in [1.82, 2.24) is 31.9 Å². The first-order valence-electron chi connectivity index (χ1n) is 11.9. The van der Waals surface area contributed by atoms with Crippen LogP contribution < -0.4 is 26.9 Å². The van der Waals surface area contributed by atoms with Crippen LogP contribution in [0.2, 0.25) is 0 Å². The minimum absolute atomic E-state index is 0.0561. The van der Waals surface area contributed by atoms with Gasteiger partial charge in [-0.25, -0.2) is 15.2 Å². The molecule has 0 aliphatic carbocycles. The molecule has 3 amide bonds. The topological polar surface area (TPSA) is 125 Å². The van der Waals surface area contributed by atoms with E-state index >= 15 is 0 Å². The fourth-order valence-corrected chi connectivity index (χ4v) is 3.63. The number of hydrazine groups is 2. The van der Waals surface area contributed by atoms with Gasteiger partial charge in [-0.3, -0.25) is 4.79 Å². The maximum atomic E-state index is 11.8. The van der Waals surface area contributed by atoms with E-state index in [1.807, 2.05) is 6.92 Å². The Labute approximate surface area is 191 Å². The number of urea groups is 1. The smallest absolute Gasteiger partial charge is 0.315 e. The summed E-state index contributed by atoms with van der Waals surface area (Å²) in [5.41, 5.74) is 6.23. The lowest BCUT2D eigenvalue weighted by Gasteiger charge is -2.14. The highest BCUT2D eigenvalue weighted by Crippen LogP contribution is 2.11. The number of nitrogens with zero attached hydrogens (tertiary/aromatic N) is 1. The predicted molar refractivity (Wildman–Crippen MR) is 121 cm³/mol. The van der Waals surface area contributed by atoms with Gasteiger partial charge in [0, 0.05) is 38.1 Å². The Morgan fingerprint density at radius 1 is 1.00 bits per heavy atom. The number of rotatable bonds is 18. The lowest BCUT2D eigenvalue weighted by atomic mass is 10.0. The number of amides is 3.